The molecule has 0 aliphatic heterocycles. The van der Waals surface area contributed by atoms with Crippen molar-refractivity contribution in [1.82, 2.24) is 15.2 Å². The summed E-state index contributed by atoms with van der Waals surface area (Å²) < 4.78 is 0. The normalized spacial score (nSPS) is 13.6. The van der Waals surface area contributed by atoms with Crippen LogP contribution in [0.15, 0.2) is 30.3 Å². The second-order valence-electron chi connectivity index (χ2n) is 4.73. The van der Waals surface area contributed by atoms with Crippen molar-refractivity contribution in [2.45, 2.75) is 26.3 Å². The van der Waals surface area contributed by atoms with Gasteiger partial charge >= 0.3 is 5.97 Å². The zero-order valence-electron chi connectivity index (χ0n) is 11.6. The molecule has 1 unspecified atom stereocenters. The van der Waals surface area contributed by atoms with Crippen molar-refractivity contribution >= 4 is 11.9 Å². The maximum atomic E-state index is 11.6. The number of rotatable bonds is 4. The highest BCUT2D eigenvalue weighted by molar-refractivity contribution is 5.83. The SMILES string of the molecule is Cc1nnc(NC(C)(C(=O)O)c2ccccc2)nc1C. The number of aryl methyl sites for hydroxylation is 2. The van der Waals surface area contributed by atoms with Crippen LogP contribution < -0.4 is 5.32 Å². The van der Waals surface area contributed by atoms with Gasteiger partial charge in [-0.3, -0.25) is 0 Å². The first-order chi connectivity index (χ1) is 9.43. The van der Waals surface area contributed by atoms with Crippen LogP contribution in [0, 0.1) is 13.8 Å². The molecule has 6 heteroatoms. The van der Waals surface area contributed by atoms with Crippen molar-refractivity contribution in [1.29, 1.82) is 0 Å². The molecule has 0 bridgehead atoms. The molecule has 0 radical (unpaired) electrons. The summed E-state index contributed by atoms with van der Waals surface area (Å²) in [7, 11) is 0. The van der Waals surface area contributed by atoms with Gasteiger partial charge in [-0.2, -0.15) is 5.10 Å². The quantitative estimate of drug-likeness (QED) is 0.883. The van der Waals surface area contributed by atoms with Crippen molar-refractivity contribution in [3.8, 4) is 0 Å². The number of carbonyl (C=O) groups is 1. The molecule has 0 amide bonds. The Balaban J connectivity index is 2.39. The number of hydrogen-bond donors (Lipinski definition) is 2. The third kappa shape index (κ3) is 2.59. The van der Waals surface area contributed by atoms with Crippen molar-refractivity contribution in [2.75, 3.05) is 5.32 Å². The van der Waals surface area contributed by atoms with Crippen molar-refractivity contribution < 1.29 is 9.90 Å². The predicted octanol–water partition coefficient (Wildman–Crippen LogP) is 1.90. The van der Waals surface area contributed by atoms with Gasteiger partial charge in [0.1, 0.15) is 0 Å². The van der Waals surface area contributed by atoms with E-state index in [4.69, 9.17) is 0 Å². The van der Waals surface area contributed by atoms with Crippen LogP contribution >= 0.6 is 0 Å². The molecule has 0 aliphatic carbocycles. The number of carboxylic acid groups (broad SMARTS) is 1. The minimum atomic E-state index is -1.31. The molecule has 0 aliphatic rings. The molecule has 1 aromatic carbocycles. The monoisotopic (exact) mass is 272 g/mol. The van der Waals surface area contributed by atoms with Crippen LogP contribution in [0.4, 0.5) is 5.95 Å². The predicted molar refractivity (Wildman–Crippen MR) is 74.4 cm³/mol. The Labute approximate surface area is 116 Å². The Morgan fingerprint density at radius 1 is 1.15 bits per heavy atom. The van der Waals surface area contributed by atoms with Crippen LogP contribution in [-0.2, 0) is 10.3 Å². The van der Waals surface area contributed by atoms with Crippen LogP contribution in [0.5, 0.6) is 0 Å². The van der Waals surface area contributed by atoms with Crippen LogP contribution in [0.1, 0.15) is 23.9 Å². The number of nitrogens with one attached hydrogen (secondary N) is 1. The second-order valence-corrected chi connectivity index (χ2v) is 4.73. The van der Waals surface area contributed by atoms with Crippen LogP contribution in [0.25, 0.3) is 0 Å². The lowest BCUT2D eigenvalue weighted by molar-refractivity contribution is -0.142. The molecule has 1 aromatic heterocycles. The highest BCUT2D eigenvalue weighted by Gasteiger charge is 2.36. The summed E-state index contributed by atoms with van der Waals surface area (Å²) in [4.78, 5) is 15.9. The Kier molecular flexibility index (Phi) is 3.65. The van der Waals surface area contributed by atoms with Gasteiger partial charge in [0, 0.05) is 0 Å². The Bertz CT molecular complexity index is 630. The maximum Gasteiger partial charge on any atom is 0.333 e. The van der Waals surface area contributed by atoms with E-state index >= 15 is 0 Å². The standard InChI is InChI=1S/C14H16N4O2/c1-9-10(2)17-18-13(15-9)16-14(3,12(19)20)11-7-5-4-6-8-11/h4-8H,1-3H3,(H,19,20)(H,15,16,18). The minimum Gasteiger partial charge on any atom is -0.479 e. The number of anilines is 1. The van der Waals surface area contributed by atoms with Gasteiger partial charge in [0.05, 0.1) is 11.4 Å². The van der Waals surface area contributed by atoms with Gasteiger partial charge in [-0.05, 0) is 26.3 Å². The van der Waals surface area contributed by atoms with Gasteiger partial charge in [-0.1, -0.05) is 30.3 Å². The van der Waals surface area contributed by atoms with Gasteiger partial charge < -0.3 is 10.4 Å². The number of aliphatic carboxylic acids is 1. The van der Waals surface area contributed by atoms with Crippen LogP contribution in [0.3, 0.4) is 0 Å². The molecule has 2 N–H and O–H groups in total. The zero-order valence-corrected chi connectivity index (χ0v) is 11.6. The molecule has 6 nitrogen and oxygen atoms in total. The van der Waals surface area contributed by atoms with Crippen LogP contribution in [-0.4, -0.2) is 26.3 Å². The summed E-state index contributed by atoms with van der Waals surface area (Å²) in [5.74, 6) is -0.813. The van der Waals surface area contributed by atoms with Crippen molar-refractivity contribution in [3.05, 3.63) is 47.3 Å². The molecule has 2 aromatic rings. The van der Waals surface area contributed by atoms with E-state index in [-0.39, 0.29) is 5.95 Å². The average molecular weight is 272 g/mol. The number of benzene rings is 1. The molecule has 1 atom stereocenters. The first-order valence-electron chi connectivity index (χ1n) is 6.18. The van der Waals surface area contributed by atoms with Gasteiger partial charge in [-0.25, -0.2) is 9.78 Å². The molecule has 0 spiro atoms. The van der Waals surface area contributed by atoms with Gasteiger partial charge in [0.2, 0.25) is 5.95 Å². The molecular formula is C14H16N4O2. The summed E-state index contributed by atoms with van der Waals surface area (Å²) in [5.41, 5.74) is 0.731. The maximum absolute atomic E-state index is 11.6. The Morgan fingerprint density at radius 3 is 2.35 bits per heavy atom. The lowest BCUT2D eigenvalue weighted by Gasteiger charge is -2.26. The summed E-state index contributed by atoms with van der Waals surface area (Å²) >= 11 is 0. The largest absolute Gasteiger partial charge is 0.479 e. The van der Waals surface area contributed by atoms with Crippen molar-refractivity contribution in [3.63, 3.8) is 0 Å². The van der Waals surface area contributed by atoms with Crippen molar-refractivity contribution in [2.24, 2.45) is 0 Å². The van der Waals surface area contributed by atoms with Crippen LogP contribution in [0.2, 0.25) is 0 Å². The number of nitrogens with zero attached hydrogens (tertiary/aromatic N) is 3. The van der Waals surface area contributed by atoms with E-state index in [1.54, 1.807) is 45.0 Å². The number of hydrogen-bond acceptors (Lipinski definition) is 5. The summed E-state index contributed by atoms with van der Waals surface area (Å²) in [5, 5.41) is 20.2. The molecule has 0 saturated carbocycles. The van der Waals surface area contributed by atoms with E-state index in [2.05, 4.69) is 20.5 Å². The smallest absolute Gasteiger partial charge is 0.333 e. The van der Waals surface area contributed by atoms with E-state index < -0.39 is 11.5 Å². The lowest BCUT2D eigenvalue weighted by atomic mass is 9.92. The third-order valence-corrected chi connectivity index (χ3v) is 3.23. The molecule has 20 heavy (non-hydrogen) atoms. The van der Waals surface area contributed by atoms with E-state index in [1.807, 2.05) is 6.07 Å². The lowest BCUT2D eigenvalue weighted by Crippen LogP contribution is -2.41. The minimum absolute atomic E-state index is 0.196. The van der Waals surface area contributed by atoms with Gasteiger partial charge in [0.25, 0.3) is 0 Å². The number of aromatic nitrogens is 3. The highest BCUT2D eigenvalue weighted by atomic mass is 16.4. The molecule has 0 saturated heterocycles. The molecule has 104 valence electrons. The molecule has 1 heterocycles. The fourth-order valence-corrected chi connectivity index (χ4v) is 1.75. The average Bonchev–Trinajstić information content (AvgIpc) is 2.43. The fraction of sp³-hybridized carbons (Fsp3) is 0.286. The summed E-state index contributed by atoms with van der Waals surface area (Å²) in [6.07, 6.45) is 0. The topological polar surface area (TPSA) is 88.0 Å². The molecular weight excluding hydrogens is 256 g/mol. The number of carboxylic acids is 1. The van der Waals surface area contributed by atoms with E-state index in [1.165, 1.54) is 0 Å². The van der Waals surface area contributed by atoms with E-state index in [0.717, 1.165) is 0 Å². The van der Waals surface area contributed by atoms with Gasteiger partial charge in [0.15, 0.2) is 5.54 Å². The first-order valence-corrected chi connectivity index (χ1v) is 6.18. The Hall–Kier alpha value is -2.50. The molecule has 2 rings (SSSR count). The van der Waals surface area contributed by atoms with Gasteiger partial charge in [-0.15, -0.1) is 5.10 Å². The summed E-state index contributed by atoms with van der Waals surface area (Å²) in [6.45, 7) is 5.17. The summed E-state index contributed by atoms with van der Waals surface area (Å²) in [6, 6.07) is 8.90. The molecule has 0 fully saturated rings. The second kappa shape index (κ2) is 5.24. The fourth-order valence-electron chi connectivity index (χ4n) is 1.75. The first kappa shape index (κ1) is 13.9. The zero-order chi connectivity index (χ0) is 14.8. The highest BCUT2D eigenvalue weighted by Crippen LogP contribution is 2.24. The van der Waals surface area contributed by atoms with E-state index in [0.29, 0.717) is 17.0 Å². The third-order valence-electron chi connectivity index (χ3n) is 3.23. The van der Waals surface area contributed by atoms with E-state index in [9.17, 15) is 9.90 Å². The Morgan fingerprint density at radius 2 is 1.80 bits per heavy atom.